The van der Waals surface area contributed by atoms with E-state index in [1.807, 2.05) is 6.08 Å². The molecule has 1 fully saturated rings. The van der Waals surface area contributed by atoms with E-state index >= 15 is 0 Å². The number of halogens is 3. The molecule has 9 heteroatoms. The van der Waals surface area contributed by atoms with Crippen molar-refractivity contribution in [2.45, 2.75) is 64.2 Å². The van der Waals surface area contributed by atoms with E-state index in [-0.39, 0.29) is 24.8 Å². The van der Waals surface area contributed by atoms with E-state index in [1.54, 1.807) is 0 Å². The zero-order valence-corrected chi connectivity index (χ0v) is 19.3. The number of nitrogens with zero attached hydrogens (tertiary/aromatic N) is 4. The standard InChI is InChI=1S/C25H29F3N6/c1-16-20(5-4-18-11-17(13-29)12-22(16)18)15-34-9-6-21(7-10-34)32-23-19(14-31-24(30)33-23)3-2-8-25(26,27)28/h4-5,12,14,21H,2-3,6-11,15H2,1H3,(H3,30,31,32,33). The second-order valence-corrected chi connectivity index (χ2v) is 9.15. The Balaban J connectivity index is 1.33. The molecule has 6 nitrogen and oxygen atoms in total. The van der Waals surface area contributed by atoms with Gasteiger partial charge in [0.15, 0.2) is 0 Å². The zero-order chi connectivity index (χ0) is 24.3. The number of benzene rings is 1. The summed E-state index contributed by atoms with van der Waals surface area (Å²) in [6.45, 7) is 4.78. The van der Waals surface area contributed by atoms with Crippen molar-refractivity contribution in [1.29, 1.82) is 5.26 Å². The molecule has 180 valence electrons. The number of nitrogens with one attached hydrogen (secondary N) is 1. The summed E-state index contributed by atoms with van der Waals surface area (Å²) < 4.78 is 37.6. The summed E-state index contributed by atoms with van der Waals surface area (Å²) in [7, 11) is 0. The third kappa shape index (κ3) is 5.86. The average Bonchev–Trinajstić information content (AvgIpc) is 3.22. The van der Waals surface area contributed by atoms with E-state index < -0.39 is 12.6 Å². The summed E-state index contributed by atoms with van der Waals surface area (Å²) in [5, 5.41) is 12.6. The Kier molecular flexibility index (Phi) is 7.08. The second-order valence-electron chi connectivity index (χ2n) is 9.15. The lowest BCUT2D eigenvalue weighted by Crippen LogP contribution is -2.39. The van der Waals surface area contributed by atoms with Crippen LogP contribution in [0.25, 0.3) is 6.08 Å². The number of nitrogens with two attached hydrogens (primary N) is 1. The van der Waals surface area contributed by atoms with E-state index in [4.69, 9.17) is 5.73 Å². The number of rotatable bonds is 7. The summed E-state index contributed by atoms with van der Waals surface area (Å²) in [4.78, 5) is 10.6. The fourth-order valence-electron chi connectivity index (χ4n) is 4.74. The monoisotopic (exact) mass is 470 g/mol. The smallest absolute Gasteiger partial charge is 0.368 e. The number of allylic oxidation sites excluding steroid dienone is 1. The molecule has 4 rings (SSSR count). The number of likely N-dealkylation sites (tertiary alicyclic amines) is 1. The SMILES string of the molecule is Cc1c(CN2CCC(Nc3nc(N)ncc3CCCC(F)(F)F)CC2)ccc2c1C=C(C#N)C2. The van der Waals surface area contributed by atoms with Crippen molar-refractivity contribution in [3.05, 3.63) is 51.7 Å². The summed E-state index contributed by atoms with van der Waals surface area (Å²) in [6, 6.07) is 6.74. The van der Waals surface area contributed by atoms with Gasteiger partial charge in [-0.05, 0) is 60.9 Å². The number of anilines is 2. The second kappa shape index (κ2) is 10.0. The molecular formula is C25H29F3N6. The van der Waals surface area contributed by atoms with Crippen LogP contribution in [0.15, 0.2) is 23.9 Å². The van der Waals surface area contributed by atoms with E-state index in [0.717, 1.165) is 44.5 Å². The largest absolute Gasteiger partial charge is 0.389 e. The summed E-state index contributed by atoms with van der Waals surface area (Å²) >= 11 is 0. The molecule has 0 amide bonds. The summed E-state index contributed by atoms with van der Waals surface area (Å²) in [5.74, 6) is 0.655. The minimum absolute atomic E-state index is 0.00488. The Hall–Kier alpha value is -3.12. The van der Waals surface area contributed by atoms with Crippen LogP contribution in [0, 0.1) is 18.3 Å². The number of hydrogen-bond donors (Lipinski definition) is 2. The van der Waals surface area contributed by atoms with Gasteiger partial charge in [-0.2, -0.15) is 23.4 Å². The lowest BCUT2D eigenvalue weighted by molar-refractivity contribution is -0.135. The van der Waals surface area contributed by atoms with Crippen LogP contribution in [0.4, 0.5) is 24.9 Å². The number of piperidine rings is 1. The highest BCUT2D eigenvalue weighted by atomic mass is 19.4. The Morgan fingerprint density at radius 2 is 2.00 bits per heavy atom. The highest BCUT2D eigenvalue weighted by Crippen LogP contribution is 2.31. The molecule has 1 aliphatic heterocycles. The maximum atomic E-state index is 12.5. The molecule has 0 unspecified atom stereocenters. The van der Waals surface area contributed by atoms with Gasteiger partial charge < -0.3 is 11.1 Å². The number of nitriles is 1. The van der Waals surface area contributed by atoms with Crippen LogP contribution in [0.3, 0.4) is 0 Å². The predicted molar refractivity (Wildman–Crippen MR) is 126 cm³/mol. The van der Waals surface area contributed by atoms with E-state index in [1.165, 1.54) is 28.5 Å². The van der Waals surface area contributed by atoms with Crippen molar-refractivity contribution in [3.8, 4) is 6.07 Å². The predicted octanol–water partition coefficient (Wildman–Crippen LogP) is 4.79. The van der Waals surface area contributed by atoms with Gasteiger partial charge in [-0.25, -0.2) is 4.98 Å². The summed E-state index contributed by atoms with van der Waals surface area (Å²) in [6.07, 6.45) is 1.29. The van der Waals surface area contributed by atoms with E-state index in [9.17, 15) is 18.4 Å². The molecular weight excluding hydrogens is 441 g/mol. The molecule has 1 aliphatic carbocycles. The Morgan fingerprint density at radius 1 is 1.24 bits per heavy atom. The number of aryl methyl sites for hydroxylation is 1. The topological polar surface area (TPSA) is 90.9 Å². The molecule has 0 bridgehead atoms. The zero-order valence-electron chi connectivity index (χ0n) is 19.3. The molecule has 0 radical (unpaired) electrons. The molecule has 34 heavy (non-hydrogen) atoms. The molecule has 2 aliphatic rings. The fourth-order valence-corrected chi connectivity index (χ4v) is 4.74. The quantitative estimate of drug-likeness (QED) is 0.605. The highest BCUT2D eigenvalue weighted by Gasteiger charge is 2.27. The lowest BCUT2D eigenvalue weighted by atomic mass is 9.97. The molecule has 0 spiro atoms. The van der Waals surface area contributed by atoms with Crippen molar-refractivity contribution >= 4 is 17.8 Å². The van der Waals surface area contributed by atoms with Gasteiger partial charge in [-0.3, -0.25) is 4.90 Å². The first-order valence-electron chi connectivity index (χ1n) is 11.6. The van der Waals surface area contributed by atoms with Gasteiger partial charge in [0.25, 0.3) is 0 Å². The highest BCUT2D eigenvalue weighted by molar-refractivity contribution is 5.70. The first-order valence-corrected chi connectivity index (χ1v) is 11.6. The van der Waals surface area contributed by atoms with Crippen molar-refractivity contribution in [3.63, 3.8) is 0 Å². The number of nitrogen functional groups attached to an aromatic ring is 1. The van der Waals surface area contributed by atoms with Crippen LogP contribution < -0.4 is 11.1 Å². The van der Waals surface area contributed by atoms with Crippen molar-refractivity contribution in [2.75, 3.05) is 24.1 Å². The molecule has 0 saturated carbocycles. The Bertz CT molecular complexity index is 1110. The fraction of sp³-hybridized carbons (Fsp3) is 0.480. The van der Waals surface area contributed by atoms with Crippen molar-refractivity contribution < 1.29 is 13.2 Å². The van der Waals surface area contributed by atoms with Gasteiger partial charge in [0, 0.05) is 55.9 Å². The lowest BCUT2D eigenvalue weighted by Gasteiger charge is -2.33. The van der Waals surface area contributed by atoms with Gasteiger partial charge >= 0.3 is 6.18 Å². The van der Waals surface area contributed by atoms with Crippen LogP contribution in [-0.2, 0) is 19.4 Å². The number of fused-ring (bicyclic) bond motifs is 1. The van der Waals surface area contributed by atoms with E-state index in [0.29, 0.717) is 11.4 Å². The summed E-state index contributed by atoms with van der Waals surface area (Å²) in [5.41, 5.74) is 12.1. The van der Waals surface area contributed by atoms with Crippen LogP contribution >= 0.6 is 0 Å². The average molecular weight is 471 g/mol. The first kappa shape index (κ1) is 24.0. The van der Waals surface area contributed by atoms with Gasteiger partial charge in [0.2, 0.25) is 5.95 Å². The van der Waals surface area contributed by atoms with Gasteiger partial charge in [0.05, 0.1) is 6.07 Å². The van der Waals surface area contributed by atoms with Gasteiger partial charge in [-0.1, -0.05) is 12.1 Å². The minimum Gasteiger partial charge on any atom is -0.368 e. The number of alkyl halides is 3. The normalized spacial score (nSPS) is 16.7. The van der Waals surface area contributed by atoms with Crippen molar-refractivity contribution in [2.24, 2.45) is 0 Å². The van der Waals surface area contributed by atoms with E-state index in [2.05, 4.69) is 45.3 Å². The molecule has 2 heterocycles. The van der Waals surface area contributed by atoms with Gasteiger partial charge in [0.1, 0.15) is 5.82 Å². The molecule has 1 aromatic carbocycles. The molecule has 3 N–H and O–H groups in total. The van der Waals surface area contributed by atoms with Crippen LogP contribution in [0.5, 0.6) is 0 Å². The maximum Gasteiger partial charge on any atom is 0.389 e. The Morgan fingerprint density at radius 3 is 2.71 bits per heavy atom. The number of aromatic nitrogens is 2. The van der Waals surface area contributed by atoms with Crippen molar-refractivity contribution in [1.82, 2.24) is 14.9 Å². The van der Waals surface area contributed by atoms with Gasteiger partial charge in [-0.15, -0.1) is 0 Å². The molecule has 2 aromatic rings. The molecule has 1 saturated heterocycles. The molecule has 0 atom stereocenters. The van der Waals surface area contributed by atoms with Crippen LogP contribution in [0.2, 0.25) is 0 Å². The molecule has 1 aromatic heterocycles. The number of hydrogen-bond acceptors (Lipinski definition) is 6. The maximum absolute atomic E-state index is 12.5. The first-order chi connectivity index (χ1) is 16.2. The van der Waals surface area contributed by atoms with Crippen LogP contribution in [0.1, 0.15) is 53.5 Å². The third-order valence-corrected chi connectivity index (χ3v) is 6.67. The Labute approximate surface area is 197 Å². The minimum atomic E-state index is -4.17. The third-order valence-electron chi connectivity index (χ3n) is 6.67. The van der Waals surface area contributed by atoms with Crippen LogP contribution in [-0.4, -0.2) is 40.2 Å².